The molecule has 6 heteroatoms. The number of para-hydroxylation sites is 2. The first-order valence-electron chi connectivity index (χ1n) is 8.51. The second-order valence-electron chi connectivity index (χ2n) is 5.81. The fraction of sp³-hybridized carbons (Fsp3) is 0.444. The number of hydrogen-bond donors (Lipinski definition) is 1. The fourth-order valence-corrected chi connectivity index (χ4v) is 2.89. The van der Waals surface area contributed by atoms with Crippen LogP contribution >= 0.6 is 0 Å². The number of aromatic nitrogens is 2. The van der Waals surface area contributed by atoms with E-state index in [0.717, 1.165) is 62.3 Å². The summed E-state index contributed by atoms with van der Waals surface area (Å²) in [5, 5.41) is 3.32. The lowest BCUT2D eigenvalue weighted by Gasteiger charge is -2.36. The van der Waals surface area contributed by atoms with Crippen LogP contribution in [0.4, 0.5) is 17.5 Å². The SMILES string of the molecule is CCCNc1ccnc(N2CCN(c3ccccc3OC)CC2)n1. The van der Waals surface area contributed by atoms with Gasteiger partial charge in [-0.15, -0.1) is 0 Å². The van der Waals surface area contributed by atoms with Crippen molar-refractivity contribution in [2.24, 2.45) is 0 Å². The molecule has 1 N–H and O–H groups in total. The van der Waals surface area contributed by atoms with Gasteiger partial charge in [0.1, 0.15) is 11.6 Å². The summed E-state index contributed by atoms with van der Waals surface area (Å²) in [5.74, 6) is 2.62. The topological polar surface area (TPSA) is 53.5 Å². The minimum atomic E-state index is 0.802. The Hall–Kier alpha value is -2.50. The van der Waals surface area contributed by atoms with Crippen LogP contribution in [-0.2, 0) is 0 Å². The highest BCUT2D eigenvalue weighted by Crippen LogP contribution is 2.28. The number of nitrogens with one attached hydrogen (secondary N) is 1. The van der Waals surface area contributed by atoms with Gasteiger partial charge in [0.15, 0.2) is 0 Å². The zero-order valence-corrected chi connectivity index (χ0v) is 14.4. The molecule has 2 heterocycles. The monoisotopic (exact) mass is 327 g/mol. The molecule has 6 nitrogen and oxygen atoms in total. The molecule has 1 saturated heterocycles. The molecule has 0 bridgehead atoms. The van der Waals surface area contributed by atoms with Crippen LogP contribution in [0.3, 0.4) is 0 Å². The molecule has 1 fully saturated rings. The molecular weight excluding hydrogens is 302 g/mol. The number of piperazine rings is 1. The lowest BCUT2D eigenvalue weighted by Crippen LogP contribution is -2.47. The van der Waals surface area contributed by atoms with Crippen LogP contribution in [0.15, 0.2) is 36.5 Å². The van der Waals surface area contributed by atoms with Gasteiger partial charge in [0.2, 0.25) is 5.95 Å². The lowest BCUT2D eigenvalue weighted by molar-refractivity contribution is 0.413. The van der Waals surface area contributed by atoms with Crippen molar-refractivity contribution in [3.63, 3.8) is 0 Å². The van der Waals surface area contributed by atoms with Gasteiger partial charge >= 0.3 is 0 Å². The number of anilines is 3. The average Bonchev–Trinajstić information content (AvgIpc) is 2.66. The van der Waals surface area contributed by atoms with Gasteiger partial charge in [-0.1, -0.05) is 19.1 Å². The Morgan fingerprint density at radius 1 is 1.08 bits per heavy atom. The summed E-state index contributed by atoms with van der Waals surface area (Å²) in [7, 11) is 1.72. The Bertz CT molecular complexity index is 655. The summed E-state index contributed by atoms with van der Waals surface area (Å²) < 4.78 is 5.48. The van der Waals surface area contributed by atoms with E-state index in [1.165, 1.54) is 0 Å². The Kier molecular flexibility index (Phi) is 5.36. The summed E-state index contributed by atoms with van der Waals surface area (Å²) in [6.07, 6.45) is 2.91. The Morgan fingerprint density at radius 3 is 2.58 bits per heavy atom. The molecule has 0 radical (unpaired) electrons. The molecule has 0 atom stereocenters. The third-order valence-corrected chi connectivity index (χ3v) is 4.19. The van der Waals surface area contributed by atoms with Gasteiger partial charge in [-0.3, -0.25) is 0 Å². The van der Waals surface area contributed by atoms with Crippen LogP contribution in [0.1, 0.15) is 13.3 Å². The Morgan fingerprint density at radius 2 is 1.83 bits per heavy atom. The van der Waals surface area contributed by atoms with Gasteiger partial charge in [0.05, 0.1) is 12.8 Å². The summed E-state index contributed by atoms with van der Waals surface area (Å²) >= 11 is 0. The zero-order valence-electron chi connectivity index (χ0n) is 14.4. The lowest BCUT2D eigenvalue weighted by atomic mass is 10.2. The molecule has 1 aromatic carbocycles. The standard InChI is InChI=1S/C18H25N5O/c1-3-9-19-17-8-10-20-18(21-17)23-13-11-22(12-14-23)15-6-4-5-7-16(15)24-2/h4-8,10H,3,9,11-14H2,1-2H3,(H,19,20,21). The third kappa shape index (κ3) is 3.69. The van der Waals surface area contributed by atoms with E-state index < -0.39 is 0 Å². The number of ether oxygens (including phenoxy) is 1. The number of nitrogens with zero attached hydrogens (tertiary/aromatic N) is 4. The van der Waals surface area contributed by atoms with Crippen molar-refractivity contribution in [3.05, 3.63) is 36.5 Å². The minimum absolute atomic E-state index is 0.802. The van der Waals surface area contributed by atoms with Crippen molar-refractivity contribution in [1.29, 1.82) is 0 Å². The molecule has 128 valence electrons. The van der Waals surface area contributed by atoms with Crippen molar-refractivity contribution in [2.45, 2.75) is 13.3 Å². The smallest absolute Gasteiger partial charge is 0.227 e. The van der Waals surface area contributed by atoms with Crippen LogP contribution in [0.25, 0.3) is 0 Å². The van der Waals surface area contributed by atoms with Crippen molar-refractivity contribution >= 4 is 17.5 Å². The number of methoxy groups -OCH3 is 1. The van der Waals surface area contributed by atoms with Crippen molar-refractivity contribution in [2.75, 3.05) is 55.0 Å². The van der Waals surface area contributed by atoms with Gasteiger partial charge < -0.3 is 19.9 Å². The molecule has 1 aromatic heterocycles. The first-order valence-corrected chi connectivity index (χ1v) is 8.51. The average molecular weight is 327 g/mol. The predicted octanol–water partition coefficient (Wildman–Crippen LogP) is 2.63. The van der Waals surface area contributed by atoms with Crippen LogP contribution in [0.2, 0.25) is 0 Å². The molecule has 0 amide bonds. The molecule has 0 saturated carbocycles. The summed E-state index contributed by atoms with van der Waals surface area (Å²) in [4.78, 5) is 13.7. The van der Waals surface area contributed by atoms with E-state index in [2.05, 4.69) is 44.1 Å². The van der Waals surface area contributed by atoms with Crippen LogP contribution < -0.4 is 19.9 Å². The van der Waals surface area contributed by atoms with E-state index in [9.17, 15) is 0 Å². The van der Waals surface area contributed by atoms with Gasteiger partial charge in [-0.25, -0.2) is 4.98 Å². The maximum Gasteiger partial charge on any atom is 0.227 e. The highest BCUT2D eigenvalue weighted by atomic mass is 16.5. The van der Waals surface area contributed by atoms with Gasteiger partial charge in [0, 0.05) is 38.9 Å². The summed E-state index contributed by atoms with van der Waals surface area (Å²) in [6, 6.07) is 10.1. The van der Waals surface area contributed by atoms with Crippen LogP contribution in [-0.4, -0.2) is 49.8 Å². The molecular formula is C18H25N5O. The van der Waals surface area contributed by atoms with E-state index in [4.69, 9.17) is 4.74 Å². The minimum Gasteiger partial charge on any atom is -0.495 e. The van der Waals surface area contributed by atoms with Gasteiger partial charge in [-0.05, 0) is 24.6 Å². The number of hydrogen-bond acceptors (Lipinski definition) is 6. The van der Waals surface area contributed by atoms with E-state index in [0.29, 0.717) is 0 Å². The molecule has 1 aliphatic rings. The maximum atomic E-state index is 5.48. The molecule has 2 aromatic rings. The summed E-state index contributed by atoms with van der Waals surface area (Å²) in [6.45, 7) is 6.72. The predicted molar refractivity (Wildman–Crippen MR) is 98.2 cm³/mol. The fourth-order valence-electron chi connectivity index (χ4n) is 2.89. The number of benzene rings is 1. The van der Waals surface area contributed by atoms with E-state index in [1.807, 2.05) is 24.4 Å². The second-order valence-corrected chi connectivity index (χ2v) is 5.81. The largest absolute Gasteiger partial charge is 0.495 e. The quantitative estimate of drug-likeness (QED) is 0.880. The van der Waals surface area contributed by atoms with Crippen molar-refractivity contribution in [1.82, 2.24) is 9.97 Å². The zero-order chi connectivity index (χ0) is 16.8. The van der Waals surface area contributed by atoms with Crippen LogP contribution in [0.5, 0.6) is 5.75 Å². The second kappa shape index (κ2) is 7.86. The Balaban J connectivity index is 1.65. The van der Waals surface area contributed by atoms with Crippen LogP contribution in [0, 0.1) is 0 Å². The number of rotatable bonds is 6. The van der Waals surface area contributed by atoms with E-state index >= 15 is 0 Å². The van der Waals surface area contributed by atoms with Crippen molar-refractivity contribution in [3.8, 4) is 5.75 Å². The molecule has 0 aliphatic carbocycles. The normalized spacial score (nSPS) is 14.6. The molecule has 0 spiro atoms. The van der Waals surface area contributed by atoms with Gasteiger partial charge in [0.25, 0.3) is 0 Å². The molecule has 3 rings (SSSR count). The van der Waals surface area contributed by atoms with Crippen molar-refractivity contribution < 1.29 is 4.74 Å². The van der Waals surface area contributed by atoms with E-state index in [-0.39, 0.29) is 0 Å². The molecule has 0 unspecified atom stereocenters. The maximum absolute atomic E-state index is 5.48. The Labute approximate surface area is 143 Å². The molecule has 1 aliphatic heterocycles. The first-order chi connectivity index (χ1) is 11.8. The highest BCUT2D eigenvalue weighted by Gasteiger charge is 2.21. The van der Waals surface area contributed by atoms with Gasteiger partial charge in [-0.2, -0.15) is 4.98 Å². The first kappa shape index (κ1) is 16.4. The third-order valence-electron chi connectivity index (χ3n) is 4.19. The highest BCUT2D eigenvalue weighted by molar-refractivity contribution is 5.59. The molecule has 24 heavy (non-hydrogen) atoms. The van der Waals surface area contributed by atoms with E-state index in [1.54, 1.807) is 7.11 Å². The summed E-state index contributed by atoms with van der Waals surface area (Å²) in [5.41, 5.74) is 1.15.